The molecule has 1 atom stereocenters. The van der Waals surface area contributed by atoms with Crippen molar-refractivity contribution in [2.45, 2.75) is 113 Å². The van der Waals surface area contributed by atoms with E-state index >= 15 is 0 Å². The summed E-state index contributed by atoms with van der Waals surface area (Å²) in [5, 5.41) is 0. The molecule has 1 aromatic rings. The van der Waals surface area contributed by atoms with Crippen LogP contribution in [-0.2, 0) is 10.2 Å². The maximum Gasteiger partial charge on any atom is 0.120 e. The van der Waals surface area contributed by atoms with Gasteiger partial charge in [-0.15, -0.1) is 0 Å². The van der Waals surface area contributed by atoms with Crippen molar-refractivity contribution in [2.75, 3.05) is 6.61 Å². The van der Waals surface area contributed by atoms with Crippen LogP contribution in [0.25, 0.3) is 0 Å². The molecule has 0 saturated carbocycles. The fourth-order valence-corrected chi connectivity index (χ4v) is 3.72. The van der Waals surface area contributed by atoms with Gasteiger partial charge in [-0.3, -0.25) is 0 Å². The summed E-state index contributed by atoms with van der Waals surface area (Å²) in [4.78, 5) is 0. The Hall–Kier alpha value is -1.02. The second-order valence-corrected chi connectivity index (χ2v) is 12.4. The fourth-order valence-electron chi connectivity index (χ4n) is 3.72. The van der Waals surface area contributed by atoms with Gasteiger partial charge in [0.1, 0.15) is 11.4 Å². The summed E-state index contributed by atoms with van der Waals surface area (Å²) in [5.41, 5.74) is 1.56. The molecule has 0 aliphatic carbocycles. The molecule has 0 radical (unpaired) electrons. The molecular formula is C26H46O2. The number of hydrogen-bond acceptors (Lipinski definition) is 2. The van der Waals surface area contributed by atoms with Crippen molar-refractivity contribution in [2.24, 2.45) is 10.8 Å². The summed E-state index contributed by atoms with van der Waals surface area (Å²) in [7, 11) is 0. The van der Waals surface area contributed by atoms with Gasteiger partial charge in [-0.1, -0.05) is 60.6 Å². The third-order valence-electron chi connectivity index (χ3n) is 5.66. The molecule has 0 saturated heterocycles. The first-order valence-corrected chi connectivity index (χ1v) is 10.8. The van der Waals surface area contributed by atoms with Crippen LogP contribution < -0.4 is 4.74 Å². The molecule has 1 aromatic carbocycles. The van der Waals surface area contributed by atoms with Crippen LogP contribution in [0.4, 0.5) is 0 Å². The van der Waals surface area contributed by atoms with Gasteiger partial charge in [0.15, 0.2) is 0 Å². The van der Waals surface area contributed by atoms with Gasteiger partial charge in [0.05, 0.1) is 12.2 Å². The zero-order valence-corrected chi connectivity index (χ0v) is 20.7. The second-order valence-electron chi connectivity index (χ2n) is 12.4. The topological polar surface area (TPSA) is 18.5 Å². The van der Waals surface area contributed by atoms with Crippen LogP contribution in [-0.4, -0.2) is 17.8 Å². The molecule has 0 fully saturated rings. The monoisotopic (exact) mass is 390 g/mol. The standard InChI is InChI=1S/C26H46O2/c1-22(2,3)19-26(12,23(4,5)6)20-13-15-21(16-14-20)28-25(10,11)17-18-27-24(7,8)9/h13-16H,17-19H2,1-12H3. The lowest BCUT2D eigenvalue weighted by atomic mass is 9.58. The lowest BCUT2D eigenvalue weighted by Crippen LogP contribution is -2.40. The first-order valence-electron chi connectivity index (χ1n) is 10.8. The number of rotatable bonds is 7. The van der Waals surface area contributed by atoms with E-state index in [-0.39, 0.29) is 27.4 Å². The SMILES string of the molecule is CC(C)(C)CC(C)(c1ccc(OC(C)(C)CCOC(C)(C)C)cc1)C(C)(C)C. The largest absolute Gasteiger partial charge is 0.488 e. The van der Waals surface area contributed by atoms with Gasteiger partial charge in [-0.25, -0.2) is 0 Å². The summed E-state index contributed by atoms with van der Waals surface area (Å²) in [6.45, 7) is 27.7. The Bertz CT molecular complexity index is 606. The maximum absolute atomic E-state index is 6.29. The number of hydrogen-bond donors (Lipinski definition) is 0. The van der Waals surface area contributed by atoms with E-state index in [2.05, 4.69) is 107 Å². The Kier molecular flexibility index (Phi) is 7.49. The van der Waals surface area contributed by atoms with Gasteiger partial charge in [0.2, 0.25) is 0 Å². The average molecular weight is 391 g/mol. The van der Waals surface area contributed by atoms with Crippen LogP contribution >= 0.6 is 0 Å². The summed E-state index contributed by atoms with van der Waals surface area (Å²) >= 11 is 0. The molecule has 2 heteroatoms. The highest BCUT2D eigenvalue weighted by atomic mass is 16.5. The lowest BCUT2D eigenvalue weighted by molar-refractivity contribution is -0.0292. The molecule has 0 amide bonds. The van der Waals surface area contributed by atoms with E-state index in [0.717, 1.165) is 18.6 Å². The minimum Gasteiger partial charge on any atom is -0.488 e. The fraction of sp³-hybridized carbons (Fsp3) is 0.769. The molecule has 162 valence electrons. The molecule has 1 unspecified atom stereocenters. The van der Waals surface area contributed by atoms with Crippen molar-refractivity contribution >= 4 is 0 Å². The van der Waals surface area contributed by atoms with Gasteiger partial charge in [0, 0.05) is 6.42 Å². The van der Waals surface area contributed by atoms with Gasteiger partial charge < -0.3 is 9.47 Å². The van der Waals surface area contributed by atoms with Gasteiger partial charge in [-0.05, 0) is 75.0 Å². The third kappa shape index (κ3) is 7.78. The summed E-state index contributed by atoms with van der Waals surface area (Å²) in [6.07, 6.45) is 2.00. The molecule has 28 heavy (non-hydrogen) atoms. The minimum absolute atomic E-state index is 0.0971. The van der Waals surface area contributed by atoms with E-state index in [9.17, 15) is 0 Å². The zero-order chi connectivity index (χ0) is 22.0. The smallest absolute Gasteiger partial charge is 0.120 e. The zero-order valence-electron chi connectivity index (χ0n) is 20.7. The molecule has 0 N–H and O–H groups in total. The molecule has 0 aliphatic heterocycles. The van der Waals surface area contributed by atoms with E-state index in [1.807, 2.05) is 0 Å². The van der Waals surface area contributed by atoms with Crippen molar-refractivity contribution in [1.82, 2.24) is 0 Å². The molecular weight excluding hydrogens is 344 g/mol. The van der Waals surface area contributed by atoms with E-state index in [0.29, 0.717) is 6.61 Å². The Balaban J connectivity index is 2.94. The van der Waals surface area contributed by atoms with E-state index < -0.39 is 0 Å². The molecule has 1 rings (SSSR count). The summed E-state index contributed by atoms with van der Waals surface area (Å²) < 4.78 is 12.2. The second kappa shape index (κ2) is 8.38. The Morgan fingerprint density at radius 2 is 1.21 bits per heavy atom. The van der Waals surface area contributed by atoms with Crippen LogP contribution in [0.3, 0.4) is 0 Å². The molecule has 0 bridgehead atoms. The van der Waals surface area contributed by atoms with E-state index in [1.54, 1.807) is 0 Å². The maximum atomic E-state index is 6.29. The Morgan fingerprint density at radius 1 is 0.714 bits per heavy atom. The predicted octanol–water partition coefficient (Wildman–Crippen LogP) is 7.79. The quantitative estimate of drug-likeness (QED) is 0.473. The third-order valence-corrected chi connectivity index (χ3v) is 5.66. The van der Waals surface area contributed by atoms with Crippen molar-refractivity contribution in [3.8, 4) is 5.75 Å². The van der Waals surface area contributed by atoms with Crippen LogP contribution in [0.5, 0.6) is 5.75 Å². The van der Waals surface area contributed by atoms with E-state index in [1.165, 1.54) is 5.56 Å². The summed E-state index contributed by atoms with van der Waals surface area (Å²) in [6, 6.07) is 8.78. The van der Waals surface area contributed by atoms with Crippen LogP contribution in [0, 0.1) is 10.8 Å². The molecule has 0 heterocycles. The summed E-state index contributed by atoms with van der Waals surface area (Å²) in [5.74, 6) is 0.927. The average Bonchev–Trinajstić information content (AvgIpc) is 2.42. The Labute approximate surface area is 175 Å². The van der Waals surface area contributed by atoms with Gasteiger partial charge in [-0.2, -0.15) is 0 Å². The highest BCUT2D eigenvalue weighted by molar-refractivity contribution is 5.34. The van der Waals surface area contributed by atoms with Crippen molar-refractivity contribution in [3.05, 3.63) is 29.8 Å². The highest BCUT2D eigenvalue weighted by Crippen LogP contribution is 2.48. The van der Waals surface area contributed by atoms with Gasteiger partial charge in [0.25, 0.3) is 0 Å². The van der Waals surface area contributed by atoms with Crippen molar-refractivity contribution in [1.29, 1.82) is 0 Å². The normalized spacial score (nSPS) is 16.0. The lowest BCUT2D eigenvalue weighted by Gasteiger charge is -2.46. The first kappa shape index (κ1) is 25.0. The Morgan fingerprint density at radius 3 is 1.61 bits per heavy atom. The highest BCUT2D eigenvalue weighted by Gasteiger charge is 2.41. The van der Waals surface area contributed by atoms with E-state index in [4.69, 9.17) is 9.47 Å². The molecule has 2 nitrogen and oxygen atoms in total. The van der Waals surface area contributed by atoms with Crippen LogP contribution in [0.15, 0.2) is 24.3 Å². The molecule has 0 spiro atoms. The molecule has 0 aromatic heterocycles. The number of ether oxygens (including phenoxy) is 2. The predicted molar refractivity (Wildman–Crippen MR) is 122 cm³/mol. The molecule has 0 aliphatic rings. The first-order chi connectivity index (χ1) is 12.3. The van der Waals surface area contributed by atoms with Crippen molar-refractivity contribution < 1.29 is 9.47 Å². The van der Waals surface area contributed by atoms with Crippen molar-refractivity contribution in [3.63, 3.8) is 0 Å². The van der Waals surface area contributed by atoms with Crippen LogP contribution in [0.1, 0.15) is 101 Å². The minimum atomic E-state index is -0.258. The number of benzene rings is 1. The van der Waals surface area contributed by atoms with Gasteiger partial charge >= 0.3 is 0 Å². The van der Waals surface area contributed by atoms with Crippen LogP contribution in [0.2, 0.25) is 0 Å².